The molecule has 3 N–H and O–H groups in total. The zero-order valence-electron chi connectivity index (χ0n) is 25.9. The van der Waals surface area contributed by atoms with E-state index in [4.69, 9.17) is 15.2 Å². The molecule has 0 amide bonds. The smallest absolute Gasteiger partial charge is 0.328 e. The first-order valence-electron chi connectivity index (χ1n) is 15.4. The van der Waals surface area contributed by atoms with Crippen LogP contribution in [0.3, 0.4) is 0 Å². The van der Waals surface area contributed by atoms with E-state index in [2.05, 4.69) is 5.32 Å². The van der Waals surface area contributed by atoms with Crippen LogP contribution in [0.4, 0.5) is 14.6 Å². The quantitative estimate of drug-likeness (QED) is 0.110. The van der Waals surface area contributed by atoms with E-state index >= 15 is 8.78 Å². The van der Waals surface area contributed by atoms with Crippen LogP contribution in [0.25, 0.3) is 5.69 Å². The molecule has 1 aliphatic rings. The second kappa shape index (κ2) is 14.5. The topological polar surface area (TPSA) is 113 Å². The molecule has 1 atom stereocenters. The van der Waals surface area contributed by atoms with E-state index in [0.717, 1.165) is 60.6 Å². The lowest BCUT2D eigenvalue weighted by Crippen LogP contribution is -2.33. The first-order valence-corrected chi connectivity index (χ1v) is 15.4. The van der Waals surface area contributed by atoms with Crippen LogP contribution in [0.2, 0.25) is 0 Å². The molecule has 0 bridgehead atoms. The highest BCUT2D eigenvalue weighted by molar-refractivity contribution is 6.11. The van der Waals surface area contributed by atoms with Gasteiger partial charge >= 0.3 is 5.97 Å². The molecule has 1 fully saturated rings. The summed E-state index contributed by atoms with van der Waals surface area (Å²) in [5.41, 5.74) is 7.61. The number of anilines is 1. The van der Waals surface area contributed by atoms with Gasteiger partial charge in [-0.1, -0.05) is 42.5 Å². The largest absolute Gasteiger partial charge is 0.493 e. The van der Waals surface area contributed by atoms with Crippen LogP contribution < -0.4 is 21.3 Å². The van der Waals surface area contributed by atoms with Gasteiger partial charge in [0.15, 0.2) is 17.4 Å². The van der Waals surface area contributed by atoms with Crippen molar-refractivity contribution in [2.24, 2.45) is 0 Å². The van der Waals surface area contributed by atoms with Crippen LogP contribution in [0, 0.1) is 25.5 Å². The van der Waals surface area contributed by atoms with Crippen molar-refractivity contribution in [3.05, 3.63) is 123 Å². The molecule has 8 nitrogen and oxygen atoms in total. The predicted octanol–water partition coefficient (Wildman–Crippen LogP) is 6.13. The van der Waals surface area contributed by atoms with Gasteiger partial charge in [0.25, 0.3) is 5.56 Å². The summed E-state index contributed by atoms with van der Waals surface area (Å²) < 4.78 is 42.7. The number of halogens is 2. The average molecular weight is 630 g/mol. The highest BCUT2D eigenvalue weighted by atomic mass is 19.1. The number of esters is 1. The third-order valence-electron chi connectivity index (χ3n) is 8.25. The van der Waals surface area contributed by atoms with Gasteiger partial charge < -0.3 is 20.5 Å². The van der Waals surface area contributed by atoms with Crippen LogP contribution in [0.15, 0.2) is 77.6 Å². The Labute approximate surface area is 266 Å². The maximum atomic E-state index is 15.4. The van der Waals surface area contributed by atoms with Gasteiger partial charge in [-0.3, -0.25) is 14.2 Å². The molecule has 5 rings (SSSR count). The summed E-state index contributed by atoms with van der Waals surface area (Å²) in [6.45, 7) is 4.23. The summed E-state index contributed by atoms with van der Waals surface area (Å²) in [5.74, 6) is -3.47. The third-order valence-corrected chi connectivity index (χ3v) is 8.25. The number of nitrogen functional groups attached to an aromatic ring is 1. The molecule has 240 valence electrons. The average Bonchev–Trinajstić information content (AvgIpc) is 3.54. The van der Waals surface area contributed by atoms with Crippen molar-refractivity contribution < 1.29 is 27.8 Å². The number of nitrogens with zero attached hydrogens (tertiary/aromatic N) is 1. The van der Waals surface area contributed by atoms with Gasteiger partial charge in [0, 0.05) is 23.8 Å². The first-order chi connectivity index (χ1) is 22.1. The molecule has 3 aromatic carbocycles. The molecule has 1 heterocycles. The van der Waals surface area contributed by atoms with Gasteiger partial charge in [-0.15, -0.1) is 0 Å². The van der Waals surface area contributed by atoms with Crippen molar-refractivity contribution in [1.29, 1.82) is 0 Å². The summed E-state index contributed by atoms with van der Waals surface area (Å²) >= 11 is 0. The van der Waals surface area contributed by atoms with Crippen LogP contribution in [0.5, 0.6) is 5.75 Å². The summed E-state index contributed by atoms with van der Waals surface area (Å²) in [5, 5.41) is 3.21. The fraction of sp³-hybridized carbons (Fsp3) is 0.306. The summed E-state index contributed by atoms with van der Waals surface area (Å²) in [4.78, 5) is 38.9. The van der Waals surface area contributed by atoms with Gasteiger partial charge in [-0.05, 0) is 81.3 Å². The minimum Gasteiger partial charge on any atom is -0.493 e. The molecular weight excluding hydrogens is 592 g/mol. The number of nitrogens with two attached hydrogens (primary N) is 1. The van der Waals surface area contributed by atoms with Crippen LogP contribution in [-0.2, 0) is 9.53 Å². The van der Waals surface area contributed by atoms with E-state index in [9.17, 15) is 14.4 Å². The lowest BCUT2D eigenvalue weighted by Gasteiger charge is -2.21. The van der Waals surface area contributed by atoms with Crippen LogP contribution in [0.1, 0.15) is 70.8 Å². The van der Waals surface area contributed by atoms with E-state index in [1.165, 1.54) is 6.07 Å². The lowest BCUT2D eigenvalue weighted by atomic mass is 9.99. The van der Waals surface area contributed by atoms with Gasteiger partial charge in [0.1, 0.15) is 29.4 Å². The molecule has 0 aliphatic heterocycles. The third kappa shape index (κ3) is 7.34. The second-order valence-corrected chi connectivity index (χ2v) is 11.5. The zero-order valence-corrected chi connectivity index (χ0v) is 25.9. The lowest BCUT2D eigenvalue weighted by molar-refractivity contribution is -0.151. The number of ether oxygens (including phenoxy) is 2. The summed E-state index contributed by atoms with van der Waals surface area (Å²) in [6, 6.07) is 18.0. The van der Waals surface area contributed by atoms with E-state index < -0.39 is 34.7 Å². The standard InChI is InChI=1S/C36H37F2N3O5/c1-22-13-14-25(19-23(22)2)34(43)28-15-16-31(42)41(35(28)39)33-29(37)20-27(21-30(33)38)45-18-8-17-40-32(24-9-4-3-5-10-24)36(44)46-26-11-6-7-12-26/h3-5,9-10,13-16,19-21,26,32,40H,6-8,11-12,17-18,39H2,1-2H3/t32-/m0/s1. The predicted molar refractivity (Wildman–Crippen MR) is 171 cm³/mol. The second-order valence-electron chi connectivity index (χ2n) is 11.5. The molecule has 0 unspecified atom stereocenters. The van der Waals surface area contributed by atoms with Crippen LogP contribution >= 0.6 is 0 Å². The molecule has 4 aromatic rings. The van der Waals surface area contributed by atoms with E-state index in [0.29, 0.717) is 23.1 Å². The first kappa shape index (κ1) is 32.6. The van der Waals surface area contributed by atoms with Gasteiger partial charge in [0.2, 0.25) is 0 Å². The number of nitrogens with one attached hydrogen (secondary N) is 1. The van der Waals surface area contributed by atoms with E-state index in [1.807, 2.05) is 44.2 Å². The molecule has 0 spiro atoms. The minimum atomic E-state index is -1.09. The van der Waals surface area contributed by atoms with E-state index in [-0.39, 0.29) is 35.8 Å². The highest BCUT2D eigenvalue weighted by Gasteiger charge is 2.27. The van der Waals surface area contributed by atoms with Gasteiger partial charge in [-0.25, -0.2) is 13.6 Å². The fourth-order valence-corrected chi connectivity index (χ4v) is 5.58. The normalized spacial score (nSPS) is 13.8. The maximum Gasteiger partial charge on any atom is 0.328 e. The Kier molecular flexibility index (Phi) is 10.3. The van der Waals surface area contributed by atoms with Crippen molar-refractivity contribution >= 4 is 17.6 Å². The Hall–Kier alpha value is -4.83. The number of rotatable bonds is 12. The number of pyridine rings is 1. The molecular formula is C36H37F2N3O5. The maximum absolute atomic E-state index is 15.4. The number of aromatic nitrogens is 1. The van der Waals surface area contributed by atoms with Gasteiger partial charge in [-0.2, -0.15) is 0 Å². The van der Waals surface area contributed by atoms with Crippen molar-refractivity contribution in [3.8, 4) is 11.4 Å². The zero-order chi connectivity index (χ0) is 32.8. The number of ketones is 1. The Morgan fingerprint density at radius 3 is 2.33 bits per heavy atom. The van der Waals surface area contributed by atoms with Crippen molar-refractivity contribution in [2.45, 2.75) is 58.1 Å². The van der Waals surface area contributed by atoms with E-state index in [1.54, 1.807) is 18.2 Å². The number of benzene rings is 3. The Bertz CT molecular complexity index is 1760. The monoisotopic (exact) mass is 629 g/mol. The highest BCUT2D eigenvalue weighted by Crippen LogP contribution is 2.28. The molecule has 1 saturated carbocycles. The minimum absolute atomic E-state index is 0.0598. The fourth-order valence-electron chi connectivity index (χ4n) is 5.58. The molecule has 1 aliphatic carbocycles. The number of aryl methyl sites for hydroxylation is 2. The Morgan fingerprint density at radius 1 is 0.957 bits per heavy atom. The SMILES string of the molecule is Cc1ccc(C(=O)c2ccc(=O)n(-c3c(F)cc(OCCCN[C@H](C(=O)OC4CCCC4)c4ccccc4)cc3F)c2N)cc1C. The molecule has 10 heteroatoms. The van der Waals surface area contributed by atoms with Crippen molar-refractivity contribution in [2.75, 3.05) is 18.9 Å². The Balaban J connectivity index is 1.25. The summed E-state index contributed by atoms with van der Waals surface area (Å²) in [6.07, 6.45) is 4.18. The van der Waals surface area contributed by atoms with Crippen molar-refractivity contribution in [1.82, 2.24) is 9.88 Å². The van der Waals surface area contributed by atoms with Crippen molar-refractivity contribution in [3.63, 3.8) is 0 Å². The molecule has 1 aromatic heterocycles. The Morgan fingerprint density at radius 2 is 1.65 bits per heavy atom. The summed E-state index contributed by atoms with van der Waals surface area (Å²) in [7, 11) is 0. The molecule has 0 saturated heterocycles. The van der Waals surface area contributed by atoms with Gasteiger partial charge in [0.05, 0.1) is 12.2 Å². The molecule has 0 radical (unpaired) electrons. The molecule has 46 heavy (non-hydrogen) atoms. The number of carbonyl (C=O) groups is 2. The number of carbonyl (C=O) groups excluding carboxylic acids is 2. The number of hydrogen-bond acceptors (Lipinski definition) is 7. The number of hydrogen-bond donors (Lipinski definition) is 2. The van der Waals surface area contributed by atoms with Crippen LogP contribution in [-0.4, -0.2) is 35.6 Å².